The minimum Gasteiger partial charge on any atom is -0.354 e. The van der Waals surface area contributed by atoms with Gasteiger partial charge in [0.2, 0.25) is 0 Å². The molecule has 7 aromatic carbocycles. The van der Waals surface area contributed by atoms with E-state index in [0.29, 0.717) is 24.3 Å². The Kier molecular flexibility index (Phi) is 16.6. The average molecular weight is 1790 g/mol. The first-order valence-corrected chi connectivity index (χ1v) is 34.1. The number of rotatable bonds is 0. The number of fused-ring (bicyclic) bond motifs is 42. The molecule has 0 radical (unpaired) electrons. The van der Waals surface area contributed by atoms with Crippen LogP contribution in [-0.4, -0.2) is 59.8 Å². The minimum absolute atomic E-state index is 0.0344. The van der Waals surface area contributed by atoms with Gasteiger partial charge in [0.1, 0.15) is 22.6 Å². The molecule has 124 heavy (non-hydrogen) atoms. The van der Waals surface area contributed by atoms with Crippen molar-refractivity contribution < 1.29 is 158 Å². The Bertz CT molecular complexity index is 6980. The molecule has 1 aliphatic carbocycles. The Morgan fingerprint density at radius 2 is 0.371 bits per heavy atom. The van der Waals surface area contributed by atoms with Gasteiger partial charge in [0, 0.05) is 110 Å². The zero-order valence-corrected chi connectivity index (χ0v) is 58.6. The second-order valence-electron chi connectivity index (χ2n) is 28.0. The van der Waals surface area contributed by atoms with Gasteiger partial charge in [-0.1, -0.05) is 0 Å². The zero-order chi connectivity index (χ0) is 89.8. The Morgan fingerprint density at radius 3 is 0.613 bits per heavy atom. The van der Waals surface area contributed by atoms with Crippen molar-refractivity contribution in [1.29, 1.82) is 0 Å². The molecule has 0 spiro atoms. The van der Waals surface area contributed by atoms with Crippen LogP contribution in [0.4, 0.5) is 158 Å². The van der Waals surface area contributed by atoms with E-state index in [0.717, 1.165) is 0 Å². The van der Waals surface area contributed by atoms with Crippen molar-refractivity contribution in [3.05, 3.63) is 198 Å². The van der Waals surface area contributed by atoms with Gasteiger partial charge in [-0.05, 0) is 120 Å². The van der Waals surface area contributed by atoms with Gasteiger partial charge in [-0.15, -0.1) is 0 Å². The summed E-state index contributed by atoms with van der Waals surface area (Å²) in [7, 11) is 0. The third-order valence-corrected chi connectivity index (χ3v) is 20.7. The third-order valence-electron chi connectivity index (χ3n) is 20.7. The lowest BCUT2D eigenvalue weighted by Crippen LogP contribution is -2.12. The molecule has 10 heterocycles. The first-order valence-electron chi connectivity index (χ1n) is 34.1. The van der Waals surface area contributed by atoms with E-state index in [1.54, 1.807) is 4.98 Å². The highest BCUT2D eigenvalue weighted by atomic mass is 19.5. The van der Waals surface area contributed by atoms with E-state index in [2.05, 4.69) is 54.8 Å². The van der Waals surface area contributed by atoms with Crippen molar-refractivity contribution in [2.45, 2.75) is 74.1 Å². The molecule has 12 nitrogen and oxygen atoms in total. The second-order valence-corrected chi connectivity index (χ2v) is 28.0. The first-order chi connectivity index (χ1) is 57.1. The van der Waals surface area contributed by atoms with Crippen LogP contribution in [0.3, 0.4) is 0 Å². The first kappa shape index (κ1) is 81.7. The summed E-state index contributed by atoms with van der Waals surface area (Å²) in [5.41, 5.74) is -57.5. The van der Waals surface area contributed by atoms with Crippen LogP contribution in [0.15, 0.2) is 109 Å². The average Bonchev–Trinajstić information content (AvgIpc) is 1.53. The maximum atomic E-state index is 15.7. The topological polar surface area (TPSA) is 166 Å². The summed E-state index contributed by atoms with van der Waals surface area (Å²) in [6, 6.07) is -1.00. The van der Waals surface area contributed by atoms with E-state index in [-0.39, 0.29) is 84.9 Å². The molecule has 18 rings (SSSR count). The van der Waals surface area contributed by atoms with Crippen molar-refractivity contribution in [2.75, 3.05) is 0 Å². The smallest absolute Gasteiger partial charge is 0.354 e. The summed E-state index contributed by atoms with van der Waals surface area (Å²) in [4.78, 5) is 39.2. The predicted molar refractivity (Wildman–Crippen MR) is 362 cm³/mol. The van der Waals surface area contributed by atoms with Gasteiger partial charge in [-0.3, -0.25) is 0 Å². The second kappa shape index (κ2) is 25.2. The summed E-state index contributed by atoms with van der Waals surface area (Å²) in [6.45, 7) is 0. The summed E-state index contributed by atoms with van der Waals surface area (Å²) >= 11 is 0. The van der Waals surface area contributed by atoms with Gasteiger partial charge in [0.05, 0.1) is 89.5 Å². The lowest BCUT2D eigenvalue weighted by molar-refractivity contribution is -0.140. The van der Waals surface area contributed by atoms with E-state index in [9.17, 15) is 0 Å². The number of nitrogens with one attached hydrogen (secondary N) is 4. The highest BCUT2D eigenvalue weighted by Crippen LogP contribution is 2.59. The number of alkyl halides is 36. The fraction of sp³-hybridized carbons (Fsp3) is 0.158. The van der Waals surface area contributed by atoms with E-state index in [4.69, 9.17) is 0 Å². The molecule has 0 saturated carbocycles. The van der Waals surface area contributed by atoms with Crippen LogP contribution in [0, 0.1) is 0 Å². The molecule has 48 heteroatoms. The highest BCUT2D eigenvalue weighted by molar-refractivity contribution is 6.23. The Balaban J connectivity index is 1.05. The predicted octanol–water partition coefficient (Wildman–Crippen LogP) is 26.7. The van der Waals surface area contributed by atoms with Crippen molar-refractivity contribution in [3.8, 4) is 68.1 Å². The Labute approximate surface area is 655 Å². The van der Waals surface area contributed by atoms with Crippen LogP contribution in [-0.2, 0) is 74.1 Å². The fourth-order valence-corrected chi connectivity index (χ4v) is 16.1. The molecule has 13 aromatic rings. The molecule has 6 aromatic heterocycles. The molecule has 4 N–H and O–H groups in total. The quantitative estimate of drug-likeness (QED) is 0.109. The lowest BCUT2D eigenvalue weighted by atomic mass is 9.78. The van der Waals surface area contributed by atoms with Crippen LogP contribution in [0.2, 0.25) is 0 Å². The molecular weight excluding hydrogens is 1760 g/mol. The number of nitrogens with zero attached hydrogens (tertiary/aromatic N) is 8. The molecule has 0 amide bonds. The summed E-state index contributed by atoms with van der Waals surface area (Å²) in [6.07, 6.45) is -71.2. The van der Waals surface area contributed by atoms with Crippen LogP contribution in [0.5, 0.6) is 0 Å². The van der Waals surface area contributed by atoms with E-state index < -0.39 is 330 Å². The van der Waals surface area contributed by atoms with Gasteiger partial charge in [-0.2, -0.15) is 158 Å². The van der Waals surface area contributed by atoms with Crippen LogP contribution < -0.4 is 0 Å². The Hall–Kier alpha value is -13.2. The van der Waals surface area contributed by atoms with Crippen molar-refractivity contribution >= 4 is 98.9 Å². The molecule has 638 valence electrons. The maximum Gasteiger partial charge on any atom is 0.417 e. The molecule has 0 fully saturated rings. The van der Waals surface area contributed by atoms with E-state index in [1.807, 2.05) is 0 Å². The van der Waals surface area contributed by atoms with Gasteiger partial charge < -0.3 is 19.9 Å². The largest absolute Gasteiger partial charge is 0.417 e. The number of halogens is 36. The normalized spacial score (nSPS) is 14.4. The summed E-state index contributed by atoms with van der Waals surface area (Å²) < 4.78 is 560. The molecule has 5 aliphatic rings. The number of benzene rings is 7. The molecular formula is C76H22F36N12. The van der Waals surface area contributed by atoms with Gasteiger partial charge in [0.25, 0.3) is 0 Å². The van der Waals surface area contributed by atoms with Crippen LogP contribution in [0.1, 0.15) is 89.3 Å². The maximum absolute atomic E-state index is 15.7. The number of hydrogen-bond donors (Lipinski definition) is 4. The Morgan fingerprint density at radius 1 is 0.177 bits per heavy atom. The zero-order valence-electron chi connectivity index (χ0n) is 58.6. The van der Waals surface area contributed by atoms with Crippen molar-refractivity contribution in [1.82, 2.24) is 59.8 Å². The molecule has 0 atom stereocenters. The molecule has 4 aliphatic heterocycles. The number of H-pyrrole nitrogens is 4. The molecule has 0 saturated heterocycles. The van der Waals surface area contributed by atoms with Crippen LogP contribution >= 0.6 is 0 Å². The van der Waals surface area contributed by atoms with Crippen molar-refractivity contribution in [2.24, 2.45) is 0 Å². The SMILES string of the molecule is FC(F)(F)c1ccc(C(F)(F)F)c2c1-c1cc3[nH]c(cc4nc(cc5[nH]c(cc-2n1)c1c(C(F)(F)F)ccc(C(F)(F)F)c51)C1=C4c2cc4c5nc6nc(nc7[nH]c(nc8nc(nc([nH]5)c4cc21)-c1c(C(F)(F)F)ccc(C(F)(F)F)c1-8)c1c(C(F)(F)F)ccc(C(F)(F)F)c71)-c1c(C(F)(F)F)ccc(C(F)(F)F)c1-6)c1c(C(F)(F)F)ccc(C(F)(F)F)c31. The minimum atomic E-state index is -5.98. The number of hydrogen-bond acceptors (Lipinski definition) is 8. The fourth-order valence-electron chi connectivity index (χ4n) is 16.1. The molecule has 0 unspecified atom stereocenters. The summed E-state index contributed by atoms with van der Waals surface area (Å²) in [5, 5.41) is -12.5. The van der Waals surface area contributed by atoms with Gasteiger partial charge >= 0.3 is 74.1 Å². The number of aromatic nitrogens is 12. The standard InChI is InChI=1S/C76H22F36N12/c77-65(78,79)23-1-3-25(67(83,84)85)47-39-17-41-49-27(69(89,90)91)5-6-28(70(92,93)94)50(49)42(116-41)18-40-48-26(68(86,87)88)4-2-24(66(80,81)82)46(48)38(115-40)16-36-44-20-14-22-21(13-19(20)43(44)35(113-36)15-37(114-39)45(23)47)57-117-58(22)119-60-52-30(72(98,99)100)8-10-32(74(104,105)106)54(52)62(121-60)123-64-56-34(76(110,111)112)12-11-33(75(107,108)109)55(56)63(124-64)122-61-53-31(73(101,102)103)9-7-29(71(95,96)97)51(53)59(118-57)120-61/h1-18,114-115H,(H2,117,118,119,120,121,122,123,124). The van der Waals surface area contributed by atoms with Gasteiger partial charge in [-0.25, -0.2) is 39.9 Å². The van der Waals surface area contributed by atoms with E-state index in [1.165, 1.54) is 0 Å². The third kappa shape index (κ3) is 12.6. The van der Waals surface area contributed by atoms with Gasteiger partial charge in [0.15, 0.2) is 23.3 Å². The monoisotopic (exact) mass is 1790 g/mol. The van der Waals surface area contributed by atoms with Crippen molar-refractivity contribution in [3.63, 3.8) is 0 Å². The lowest BCUT2D eigenvalue weighted by Gasteiger charge is -2.23. The summed E-state index contributed by atoms with van der Waals surface area (Å²) in [5.74, 6) is -7.25. The highest BCUT2D eigenvalue weighted by Gasteiger charge is 2.51. The van der Waals surface area contributed by atoms with Crippen LogP contribution in [0.25, 0.3) is 167 Å². The molecule has 16 bridgehead atoms. The van der Waals surface area contributed by atoms with E-state index >= 15 is 158 Å². The number of aromatic amines is 4.